The topological polar surface area (TPSA) is 78.9 Å². The Labute approximate surface area is 433 Å². The third-order valence-electron chi connectivity index (χ3n) is 12.6. The summed E-state index contributed by atoms with van der Waals surface area (Å²) in [5.41, 5.74) is 0. The predicted octanol–water partition coefficient (Wildman–Crippen LogP) is 19.9. The zero-order valence-corrected chi connectivity index (χ0v) is 46.0. The zero-order valence-electron chi connectivity index (χ0n) is 46.0. The van der Waals surface area contributed by atoms with E-state index in [0.29, 0.717) is 19.3 Å². The van der Waals surface area contributed by atoms with E-state index in [1.807, 2.05) is 0 Å². The number of unbranched alkanes of at least 4 members (excludes halogenated alkanes) is 28. The third-order valence-corrected chi connectivity index (χ3v) is 12.6. The molecule has 0 rings (SSSR count). The van der Waals surface area contributed by atoms with Crippen molar-refractivity contribution in [3.8, 4) is 0 Å². The van der Waals surface area contributed by atoms with E-state index in [2.05, 4.69) is 106 Å². The summed E-state index contributed by atoms with van der Waals surface area (Å²) in [6.45, 7) is 6.49. The first-order valence-electron chi connectivity index (χ1n) is 29.6. The van der Waals surface area contributed by atoms with E-state index in [0.717, 1.165) is 103 Å². The molecule has 0 heterocycles. The van der Waals surface area contributed by atoms with Crippen LogP contribution in [-0.2, 0) is 28.6 Å². The van der Waals surface area contributed by atoms with Crippen LogP contribution in [0.15, 0.2) is 85.1 Å². The van der Waals surface area contributed by atoms with Crippen LogP contribution in [0.3, 0.4) is 0 Å². The van der Waals surface area contributed by atoms with Gasteiger partial charge < -0.3 is 14.2 Å². The smallest absolute Gasteiger partial charge is 0.306 e. The number of hydrogen-bond donors (Lipinski definition) is 0. The maximum atomic E-state index is 12.9. The maximum Gasteiger partial charge on any atom is 0.306 e. The van der Waals surface area contributed by atoms with Crippen LogP contribution < -0.4 is 0 Å². The lowest BCUT2D eigenvalue weighted by atomic mass is 10.1. The van der Waals surface area contributed by atoms with E-state index in [4.69, 9.17) is 14.2 Å². The molecule has 0 bridgehead atoms. The van der Waals surface area contributed by atoms with Crippen molar-refractivity contribution in [3.63, 3.8) is 0 Å². The van der Waals surface area contributed by atoms with Crippen molar-refractivity contribution in [2.45, 2.75) is 290 Å². The van der Waals surface area contributed by atoms with E-state index in [9.17, 15) is 14.4 Å². The predicted molar refractivity (Wildman–Crippen MR) is 302 cm³/mol. The molecule has 0 aliphatic carbocycles. The fourth-order valence-corrected chi connectivity index (χ4v) is 8.16. The molecule has 0 saturated carbocycles. The van der Waals surface area contributed by atoms with Crippen LogP contribution in [0.4, 0.5) is 0 Å². The van der Waals surface area contributed by atoms with Crippen LogP contribution in [0.5, 0.6) is 0 Å². The Bertz CT molecular complexity index is 1350. The van der Waals surface area contributed by atoms with Gasteiger partial charge in [-0.25, -0.2) is 0 Å². The zero-order chi connectivity index (χ0) is 50.7. The standard InChI is InChI=1S/C64H110O6/c1-4-7-10-13-16-19-22-25-27-29-30-31-32-33-34-36-37-39-42-45-48-51-54-57-63(66)69-60-61(59-68-62(65)56-53-50-47-44-41-24-21-18-15-12-9-6-3)70-64(67)58-55-52-49-46-43-40-38-35-28-26-23-20-17-14-11-8-5-2/h7,10,16,18-19,21,25-28,30-31,33-34,61H,4-6,8-9,11-15,17,20,22-24,29,32,35-60H2,1-3H3/b10-7-,19-16-,21-18-,27-25-,28-26-,31-30-,34-33-. The van der Waals surface area contributed by atoms with Crippen molar-refractivity contribution < 1.29 is 28.6 Å². The maximum absolute atomic E-state index is 12.9. The minimum absolute atomic E-state index is 0.0856. The monoisotopic (exact) mass is 975 g/mol. The summed E-state index contributed by atoms with van der Waals surface area (Å²) in [6, 6.07) is 0. The van der Waals surface area contributed by atoms with Crippen molar-refractivity contribution in [3.05, 3.63) is 85.1 Å². The van der Waals surface area contributed by atoms with Crippen LogP contribution in [0.2, 0.25) is 0 Å². The van der Waals surface area contributed by atoms with Gasteiger partial charge in [0.25, 0.3) is 0 Å². The molecule has 402 valence electrons. The number of hydrogen-bond acceptors (Lipinski definition) is 6. The van der Waals surface area contributed by atoms with Gasteiger partial charge in [0.05, 0.1) is 0 Å². The molecule has 0 spiro atoms. The second-order valence-corrected chi connectivity index (χ2v) is 19.5. The molecule has 0 aromatic rings. The van der Waals surface area contributed by atoms with Crippen LogP contribution >= 0.6 is 0 Å². The Morgan fingerprint density at radius 2 is 0.557 bits per heavy atom. The quantitative estimate of drug-likeness (QED) is 0.0261. The Morgan fingerprint density at radius 1 is 0.300 bits per heavy atom. The molecule has 0 aromatic heterocycles. The third kappa shape index (κ3) is 55.5. The second kappa shape index (κ2) is 58.2. The van der Waals surface area contributed by atoms with Crippen molar-refractivity contribution in [2.75, 3.05) is 13.2 Å². The van der Waals surface area contributed by atoms with E-state index in [-0.39, 0.29) is 31.1 Å². The summed E-state index contributed by atoms with van der Waals surface area (Å²) >= 11 is 0. The summed E-state index contributed by atoms with van der Waals surface area (Å²) < 4.78 is 16.9. The van der Waals surface area contributed by atoms with Gasteiger partial charge in [-0.1, -0.05) is 234 Å². The van der Waals surface area contributed by atoms with E-state index < -0.39 is 6.10 Å². The fourth-order valence-electron chi connectivity index (χ4n) is 8.16. The number of carbonyl (C=O) groups excluding carboxylic acids is 3. The minimum atomic E-state index is -0.787. The first-order chi connectivity index (χ1) is 34.5. The Morgan fingerprint density at radius 3 is 0.914 bits per heavy atom. The molecule has 6 heteroatoms. The molecule has 6 nitrogen and oxygen atoms in total. The van der Waals surface area contributed by atoms with Gasteiger partial charge in [-0.15, -0.1) is 0 Å². The molecule has 0 aromatic carbocycles. The normalized spacial score (nSPS) is 12.7. The van der Waals surface area contributed by atoms with Crippen molar-refractivity contribution in [2.24, 2.45) is 0 Å². The molecule has 0 amide bonds. The lowest BCUT2D eigenvalue weighted by Gasteiger charge is -2.18. The van der Waals surface area contributed by atoms with Gasteiger partial charge in [0.1, 0.15) is 13.2 Å². The lowest BCUT2D eigenvalue weighted by Crippen LogP contribution is -2.30. The van der Waals surface area contributed by atoms with Crippen LogP contribution in [0, 0.1) is 0 Å². The highest BCUT2D eigenvalue weighted by Crippen LogP contribution is 2.15. The van der Waals surface area contributed by atoms with Gasteiger partial charge in [0.2, 0.25) is 0 Å². The first kappa shape index (κ1) is 66.6. The average Bonchev–Trinajstić information content (AvgIpc) is 3.36. The van der Waals surface area contributed by atoms with Crippen LogP contribution in [0.1, 0.15) is 284 Å². The number of allylic oxidation sites excluding steroid dienone is 14. The largest absolute Gasteiger partial charge is 0.462 e. The average molecular weight is 976 g/mol. The molecule has 1 unspecified atom stereocenters. The number of ether oxygens (including phenoxy) is 3. The molecule has 1 atom stereocenters. The van der Waals surface area contributed by atoms with Crippen LogP contribution in [-0.4, -0.2) is 37.2 Å². The molecule has 0 aliphatic heterocycles. The van der Waals surface area contributed by atoms with Crippen molar-refractivity contribution in [1.29, 1.82) is 0 Å². The highest BCUT2D eigenvalue weighted by molar-refractivity contribution is 5.71. The number of esters is 3. The van der Waals surface area contributed by atoms with E-state index in [1.54, 1.807) is 0 Å². The molecule has 0 N–H and O–H groups in total. The molecule has 0 radical (unpaired) electrons. The molecule has 70 heavy (non-hydrogen) atoms. The molecular weight excluding hydrogens is 865 g/mol. The molecule has 0 fully saturated rings. The summed E-state index contributed by atoms with van der Waals surface area (Å²) in [5.74, 6) is -0.903. The van der Waals surface area contributed by atoms with Gasteiger partial charge >= 0.3 is 17.9 Å². The highest BCUT2D eigenvalue weighted by atomic mass is 16.6. The Balaban J connectivity index is 4.36. The van der Waals surface area contributed by atoms with Gasteiger partial charge in [0, 0.05) is 19.3 Å². The highest BCUT2D eigenvalue weighted by Gasteiger charge is 2.19. The van der Waals surface area contributed by atoms with E-state index in [1.165, 1.54) is 141 Å². The molecule has 0 saturated heterocycles. The van der Waals surface area contributed by atoms with Crippen molar-refractivity contribution in [1.82, 2.24) is 0 Å². The van der Waals surface area contributed by atoms with Gasteiger partial charge in [-0.3, -0.25) is 14.4 Å². The lowest BCUT2D eigenvalue weighted by molar-refractivity contribution is -0.167. The van der Waals surface area contributed by atoms with Crippen LogP contribution in [0.25, 0.3) is 0 Å². The second-order valence-electron chi connectivity index (χ2n) is 19.5. The van der Waals surface area contributed by atoms with Crippen molar-refractivity contribution >= 4 is 17.9 Å². The summed E-state index contributed by atoms with van der Waals surface area (Å²) in [7, 11) is 0. The first-order valence-corrected chi connectivity index (χ1v) is 29.6. The summed E-state index contributed by atoms with van der Waals surface area (Å²) in [4.78, 5) is 38.2. The van der Waals surface area contributed by atoms with Gasteiger partial charge in [0.15, 0.2) is 6.10 Å². The molecular formula is C64H110O6. The summed E-state index contributed by atoms with van der Waals surface area (Å²) in [5, 5.41) is 0. The Hall–Kier alpha value is -3.41. The summed E-state index contributed by atoms with van der Waals surface area (Å²) in [6.07, 6.45) is 75.7. The minimum Gasteiger partial charge on any atom is -0.462 e. The van der Waals surface area contributed by atoms with E-state index >= 15 is 0 Å². The van der Waals surface area contributed by atoms with Gasteiger partial charge in [-0.2, -0.15) is 0 Å². The van der Waals surface area contributed by atoms with Gasteiger partial charge in [-0.05, 0) is 116 Å². The number of rotatable bonds is 53. The SMILES string of the molecule is CC/C=C\C/C=C\C/C=C\C/C=C\C/C=C\CCCCCCCCCC(=O)OCC(COC(=O)CCCCCCC/C=C\CCCCC)OC(=O)CCCCCCCCC/C=C\CCCCCCCC. The molecule has 0 aliphatic rings. The number of carbonyl (C=O) groups is 3. The Kier molecular flexibility index (Phi) is 55.3. The fraction of sp³-hybridized carbons (Fsp3) is 0.734.